The first-order chi connectivity index (χ1) is 17.0. The Hall–Kier alpha value is -4.44. The van der Waals surface area contributed by atoms with E-state index in [0.717, 1.165) is 22.8 Å². The predicted octanol–water partition coefficient (Wildman–Crippen LogP) is 8.22. The van der Waals surface area contributed by atoms with Crippen molar-refractivity contribution in [2.24, 2.45) is 0 Å². The Morgan fingerprint density at radius 1 is 0.486 bits per heavy atom. The molecule has 0 radical (unpaired) electrons. The fourth-order valence-corrected chi connectivity index (χ4v) is 3.88. The Kier molecular flexibility index (Phi) is 6.27. The van der Waals surface area contributed by atoms with Gasteiger partial charge in [-0.1, -0.05) is 83.9 Å². The highest BCUT2D eigenvalue weighted by Crippen LogP contribution is 2.26. The predicted molar refractivity (Wildman–Crippen MR) is 147 cm³/mol. The number of rotatable bonds is 6. The number of hydrogen-bond acceptors (Lipinski definition) is 4. The molecule has 0 amide bonds. The van der Waals surface area contributed by atoms with Crippen LogP contribution < -0.4 is 10.6 Å². The highest BCUT2D eigenvalue weighted by atomic mass is 15.1. The maximum atomic E-state index is 4.71. The number of benzene rings is 4. The molecule has 0 saturated heterocycles. The zero-order valence-electron chi connectivity index (χ0n) is 20.2. The van der Waals surface area contributed by atoms with Crippen molar-refractivity contribution in [1.29, 1.82) is 0 Å². The number of anilines is 4. The van der Waals surface area contributed by atoms with E-state index in [1.54, 1.807) is 0 Å². The SMILES string of the molecule is Cc1ccc(-c2ccc(Nc3ncc(C)c(Nc4ccc(-c5ccc(C)cc5)cc4)n3)cc2)cc1. The Balaban J connectivity index is 1.29. The van der Waals surface area contributed by atoms with E-state index < -0.39 is 0 Å². The maximum Gasteiger partial charge on any atom is 0.229 e. The van der Waals surface area contributed by atoms with Crippen LogP contribution in [0.15, 0.2) is 103 Å². The lowest BCUT2D eigenvalue weighted by molar-refractivity contribution is 1.13. The second-order valence-electron chi connectivity index (χ2n) is 8.86. The topological polar surface area (TPSA) is 49.8 Å². The van der Waals surface area contributed by atoms with Crippen LogP contribution in [0.2, 0.25) is 0 Å². The second-order valence-corrected chi connectivity index (χ2v) is 8.86. The summed E-state index contributed by atoms with van der Waals surface area (Å²) in [6, 6.07) is 33.8. The van der Waals surface area contributed by atoms with Gasteiger partial charge in [-0.3, -0.25) is 0 Å². The molecule has 0 aliphatic rings. The van der Waals surface area contributed by atoms with E-state index in [2.05, 4.69) is 127 Å². The third-order valence-corrected chi connectivity index (χ3v) is 6.03. The molecule has 0 atom stereocenters. The van der Waals surface area contributed by atoms with Crippen LogP contribution >= 0.6 is 0 Å². The molecule has 0 aliphatic heterocycles. The van der Waals surface area contributed by atoms with Gasteiger partial charge in [-0.2, -0.15) is 4.98 Å². The van der Waals surface area contributed by atoms with Gasteiger partial charge in [0.15, 0.2) is 0 Å². The maximum absolute atomic E-state index is 4.71. The number of nitrogens with zero attached hydrogens (tertiary/aromatic N) is 2. The second kappa shape index (κ2) is 9.82. The molecule has 2 N–H and O–H groups in total. The minimum atomic E-state index is 0.553. The summed E-state index contributed by atoms with van der Waals surface area (Å²) in [4.78, 5) is 9.17. The third kappa shape index (κ3) is 5.39. The van der Waals surface area contributed by atoms with Gasteiger partial charge in [-0.05, 0) is 67.3 Å². The Morgan fingerprint density at radius 3 is 1.34 bits per heavy atom. The summed E-state index contributed by atoms with van der Waals surface area (Å²) in [7, 11) is 0. The molecule has 5 rings (SSSR count). The van der Waals surface area contributed by atoms with Crippen molar-refractivity contribution in [2.45, 2.75) is 20.8 Å². The molecule has 35 heavy (non-hydrogen) atoms. The van der Waals surface area contributed by atoms with Crippen LogP contribution in [0.25, 0.3) is 22.3 Å². The minimum Gasteiger partial charge on any atom is -0.340 e. The normalized spacial score (nSPS) is 10.7. The summed E-state index contributed by atoms with van der Waals surface area (Å²) in [5, 5.41) is 6.75. The minimum absolute atomic E-state index is 0.553. The Bertz CT molecular complexity index is 1420. The van der Waals surface area contributed by atoms with E-state index in [1.807, 2.05) is 13.1 Å². The van der Waals surface area contributed by atoms with Crippen LogP contribution in [-0.2, 0) is 0 Å². The van der Waals surface area contributed by atoms with Gasteiger partial charge >= 0.3 is 0 Å². The highest BCUT2D eigenvalue weighted by molar-refractivity contribution is 5.70. The zero-order chi connectivity index (χ0) is 24.2. The first kappa shape index (κ1) is 22.4. The molecule has 4 heteroatoms. The van der Waals surface area contributed by atoms with Gasteiger partial charge in [0, 0.05) is 23.1 Å². The van der Waals surface area contributed by atoms with E-state index in [1.165, 1.54) is 33.4 Å². The van der Waals surface area contributed by atoms with E-state index in [-0.39, 0.29) is 0 Å². The van der Waals surface area contributed by atoms with E-state index >= 15 is 0 Å². The summed E-state index contributed by atoms with van der Waals surface area (Å²) >= 11 is 0. The van der Waals surface area contributed by atoms with E-state index in [0.29, 0.717) is 5.95 Å². The van der Waals surface area contributed by atoms with Crippen molar-refractivity contribution < 1.29 is 0 Å². The summed E-state index contributed by atoms with van der Waals surface area (Å²) in [6.45, 7) is 6.20. The number of aryl methyl sites for hydroxylation is 3. The fourth-order valence-electron chi connectivity index (χ4n) is 3.88. The first-order valence-corrected chi connectivity index (χ1v) is 11.8. The summed E-state index contributed by atoms with van der Waals surface area (Å²) in [5.41, 5.74) is 10.2. The van der Waals surface area contributed by atoms with Gasteiger partial charge in [0.1, 0.15) is 5.82 Å². The Morgan fingerprint density at radius 2 is 0.886 bits per heavy atom. The molecule has 0 spiro atoms. The molecular formula is C31H28N4. The molecule has 172 valence electrons. The standard InChI is InChI=1S/C31H28N4/c1-21-4-8-24(9-5-21)26-12-16-28(17-13-26)33-30-23(3)20-32-31(35-30)34-29-18-14-27(15-19-29)25-10-6-22(2)7-11-25/h4-20H,1-3H3,(H2,32,33,34,35). The van der Waals surface area contributed by atoms with E-state index in [9.17, 15) is 0 Å². The van der Waals surface area contributed by atoms with Crippen molar-refractivity contribution >= 4 is 23.1 Å². The van der Waals surface area contributed by atoms with Crippen molar-refractivity contribution in [2.75, 3.05) is 10.6 Å². The average molecular weight is 457 g/mol. The molecule has 0 bridgehead atoms. The van der Waals surface area contributed by atoms with Gasteiger partial charge in [0.2, 0.25) is 5.95 Å². The molecule has 0 saturated carbocycles. The first-order valence-electron chi connectivity index (χ1n) is 11.8. The van der Waals surface area contributed by atoms with Crippen molar-refractivity contribution in [3.63, 3.8) is 0 Å². The zero-order valence-corrected chi connectivity index (χ0v) is 20.2. The molecule has 0 aliphatic carbocycles. The quantitative estimate of drug-likeness (QED) is 0.270. The fraction of sp³-hybridized carbons (Fsp3) is 0.0968. The largest absolute Gasteiger partial charge is 0.340 e. The average Bonchev–Trinajstić information content (AvgIpc) is 2.88. The highest BCUT2D eigenvalue weighted by Gasteiger charge is 2.07. The molecule has 4 nitrogen and oxygen atoms in total. The number of aromatic nitrogens is 2. The van der Waals surface area contributed by atoms with Crippen LogP contribution in [0.4, 0.5) is 23.1 Å². The Labute approximate surface area is 206 Å². The van der Waals surface area contributed by atoms with Crippen LogP contribution in [0, 0.1) is 20.8 Å². The van der Waals surface area contributed by atoms with Crippen molar-refractivity contribution in [3.05, 3.63) is 120 Å². The lowest BCUT2D eigenvalue weighted by Gasteiger charge is -2.12. The van der Waals surface area contributed by atoms with Gasteiger partial charge in [0.25, 0.3) is 0 Å². The molecular weight excluding hydrogens is 428 g/mol. The smallest absolute Gasteiger partial charge is 0.229 e. The molecule has 5 aromatic rings. The molecule has 4 aromatic carbocycles. The summed E-state index contributed by atoms with van der Waals surface area (Å²) in [6.07, 6.45) is 1.83. The van der Waals surface area contributed by atoms with Crippen LogP contribution in [0.5, 0.6) is 0 Å². The van der Waals surface area contributed by atoms with Crippen molar-refractivity contribution in [1.82, 2.24) is 9.97 Å². The van der Waals surface area contributed by atoms with E-state index in [4.69, 9.17) is 4.98 Å². The van der Waals surface area contributed by atoms with Gasteiger partial charge in [-0.15, -0.1) is 0 Å². The lowest BCUT2D eigenvalue weighted by atomic mass is 10.0. The van der Waals surface area contributed by atoms with Gasteiger partial charge in [-0.25, -0.2) is 4.98 Å². The van der Waals surface area contributed by atoms with Crippen molar-refractivity contribution in [3.8, 4) is 22.3 Å². The third-order valence-electron chi connectivity index (χ3n) is 6.03. The molecule has 0 unspecified atom stereocenters. The van der Waals surface area contributed by atoms with Crippen LogP contribution in [-0.4, -0.2) is 9.97 Å². The van der Waals surface area contributed by atoms with Gasteiger partial charge < -0.3 is 10.6 Å². The van der Waals surface area contributed by atoms with Crippen LogP contribution in [0.1, 0.15) is 16.7 Å². The molecule has 0 fully saturated rings. The summed E-state index contributed by atoms with van der Waals surface area (Å²) < 4.78 is 0. The molecule has 1 heterocycles. The summed E-state index contributed by atoms with van der Waals surface area (Å²) in [5.74, 6) is 1.33. The van der Waals surface area contributed by atoms with Gasteiger partial charge in [0.05, 0.1) is 0 Å². The number of hydrogen-bond donors (Lipinski definition) is 2. The number of nitrogens with one attached hydrogen (secondary N) is 2. The molecule has 1 aromatic heterocycles. The monoisotopic (exact) mass is 456 g/mol. The van der Waals surface area contributed by atoms with Crippen LogP contribution in [0.3, 0.4) is 0 Å². The lowest BCUT2D eigenvalue weighted by Crippen LogP contribution is -2.02.